The van der Waals surface area contributed by atoms with Gasteiger partial charge in [0.05, 0.1) is 7.11 Å². The second-order valence-corrected chi connectivity index (χ2v) is 9.41. The molecule has 0 spiro atoms. The lowest BCUT2D eigenvalue weighted by molar-refractivity contribution is -0.197. The van der Waals surface area contributed by atoms with Crippen molar-refractivity contribution in [2.24, 2.45) is 28.6 Å². The Morgan fingerprint density at radius 3 is 2.54 bits per heavy atom. The summed E-state index contributed by atoms with van der Waals surface area (Å²) in [6.07, 6.45) is 5.73. The van der Waals surface area contributed by atoms with Crippen molar-refractivity contribution in [2.75, 3.05) is 13.7 Å². The van der Waals surface area contributed by atoms with Crippen molar-refractivity contribution in [1.82, 2.24) is 0 Å². The maximum Gasteiger partial charge on any atom is 0.315 e. The van der Waals surface area contributed by atoms with E-state index < -0.39 is 11.5 Å². The highest BCUT2D eigenvalue weighted by Gasteiger charge is 2.62. The summed E-state index contributed by atoms with van der Waals surface area (Å²) in [6.45, 7) is 12.4. The van der Waals surface area contributed by atoms with Crippen LogP contribution in [0.3, 0.4) is 0 Å². The van der Waals surface area contributed by atoms with E-state index in [1.165, 1.54) is 19.6 Å². The highest BCUT2D eigenvalue weighted by Crippen LogP contribution is 2.62. The van der Waals surface area contributed by atoms with Crippen LogP contribution in [0.25, 0.3) is 0 Å². The molecule has 0 aliphatic heterocycles. The van der Waals surface area contributed by atoms with Crippen LogP contribution in [0.15, 0.2) is 12.2 Å². The molecule has 2 aliphatic rings. The first-order chi connectivity index (χ1) is 13.1. The molecule has 2 rings (SSSR count). The molecule has 28 heavy (non-hydrogen) atoms. The van der Waals surface area contributed by atoms with E-state index in [1.807, 2.05) is 6.92 Å². The van der Waals surface area contributed by atoms with E-state index in [9.17, 15) is 14.7 Å². The first-order valence-corrected chi connectivity index (χ1v) is 10.6. The Balaban J connectivity index is 2.35. The number of fused-ring (bicyclic) bond motifs is 1. The summed E-state index contributed by atoms with van der Waals surface area (Å²) in [4.78, 5) is 24.7. The van der Waals surface area contributed by atoms with Gasteiger partial charge in [-0.05, 0) is 68.6 Å². The third kappa shape index (κ3) is 4.14. The van der Waals surface area contributed by atoms with Gasteiger partial charge in [-0.2, -0.15) is 0 Å². The molecule has 0 radical (unpaired) electrons. The maximum absolute atomic E-state index is 13.0. The molecule has 0 amide bonds. The Labute approximate surface area is 169 Å². The van der Waals surface area contributed by atoms with Crippen molar-refractivity contribution in [3.8, 4) is 0 Å². The van der Waals surface area contributed by atoms with Gasteiger partial charge in [0.2, 0.25) is 0 Å². The van der Waals surface area contributed by atoms with Crippen LogP contribution in [0.1, 0.15) is 72.6 Å². The van der Waals surface area contributed by atoms with Gasteiger partial charge in [-0.1, -0.05) is 32.4 Å². The topological polar surface area (TPSA) is 72.8 Å². The van der Waals surface area contributed by atoms with Gasteiger partial charge >= 0.3 is 11.9 Å². The molecule has 0 aromatic heterocycles. The van der Waals surface area contributed by atoms with Crippen LogP contribution in [0.4, 0.5) is 0 Å². The van der Waals surface area contributed by atoms with Crippen molar-refractivity contribution >= 4 is 11.9 Å². The molecule has 6 atom stereocenters. The zero-order valence-corrected chi connectivity index (χ0v) is 18.3. The number of ether oxygens (including phenoxy) is 2. The quantitative estimate of drug-likeness (QED) is 0.515. The lowest BCUT2D eigenvalue weighted by atomic mass is 9.45. The minimum absolute atomic E-state index is 0.0755. The number of carbonyl (C=O) groups excluding carboxylic acids is 2. The minimum Gasteiger partial charge on any atom is -0.468 e. The molecule has 0 aromatic carbocycles. The van der Waals surface area contributed by atoms with Gasteiger partial charge in [-0.15, -0.1) is 0 Å². The molecule has 2 aliphatic carbocycles. The third-order valence-corrected chi connectivity index (χ3v) is 7.68. The monoisotopic (exact) mass is 394 g/mol. The minimum atomic E-state index is -0.844. The van der Waals surface area contributed by atoms with Crippen LogP contribution in [0, 0.1) is 28.6 Å². The van der Waals surface area contributed by atoms with Crippen molar-refractivity contribution in [2.45, 2.75) is 78.7 Å². The predicted octanol–water partition coefficient (Wildman–Crippen LogP) is 4.28. The van der Waals surface area contributed by atoms with E-state index in [1.54, 1.807) is 0 Å². The molecule has 0 aromatic rings. The summed E-state index contributed by atoms with van der Waals surface area (Å²) in [7, 11) is 1.42. The summed E-state index contributed by atoms with van der Waals surface area (Å²) in [5.74, 6) is 0.239. The van der Waals surface area contributed by atoms with Crippen LogP contribution in [-0.4, -0.2) is 36.9 Å². The molecular weight excluding hydrogens is 356 g/mol. The smallest absolute Gasteiger partial charge is 0.315 e. The molecule has 5 heteroatoms. The highest BCUT2D eigenvalue weighted by atomic mass is 16.6. The van der Waals surface area contributed by atoms with Crippen molar-refractivity contribution in [3.63, 3.8) is 0 Å². The molecule has 5 nitrogen and oxygen atoms in total. The van der Waals surface area contributed by atoms with Crippen LogP contribution in [-0.2, 0) is 19.1 Å². The van der Waals surface area contributed by atoms with E-state index in [0.717, 1.165) is 38.5 Å². The van der Waals surface area contributed by atoms with Crippen LogP contribution in [0.5, 0.6) is 0 Å². The van der Waals surface area contributed by atoms with Gasteiger partial charge in [-0.25, -0.2) is 0 Å². The predicted molar refractivity (Wildman–Crippen MR) is 108 cm³/mol. The second kappa shape index (κ2) is 8.98. The standard InChI is InChI=1S/C23H38O5/c1-15(12-14-24)7-9-18-16(2)8-10-19-22(18,4)13-11-20(28-17(3)25)23(19,5)21(26)27-6/h15,18-20,24H,2,7-14H2,1,3-6H3. The Bertz CT molecular complexity index is 600. The lowest BCUT2D eigenvalue weighted by Crippen LogP contribution is -2.60. The number of allylic oxidation sites excluding steroid dienone is 1. The van der Waals surface area contributed by atoms with Gasteiger partial charge in [0.15, 0.2) is 0 Å². The number of methoxy groups -OCH3 is 1. The third-order valence-electron chi connectivity index (χ3n) is 7.68. The molecule has 1 N–H and O–H groups in total. The van der Waals surface area contributed by atoms with E-state index in [4.69, 9.17) is 9.47 Å². The molecule has 0 bridgehead atoms. The van der Waals surface area contributed by atoms with Crippen LogP contribution < -0.4 is 0 Å². The lowest BCUT2D eigenvalue weighted by Gasteiger charge is -2.59. The van der Waals surface area contributed by atoms with Crippen LogP contribution in [0.2, 0.25) is 0 Å². The number of esters is 2. The molecule has 6 unspecified atom stereocenters. The fraction of sp³-hybridized carbons (Fsp3) is 0.826. The fourth-order valence-electron chi connectivity index (χ4n) is 6.07. The van der Waals surface area contributed by atoms with Gasteiger partial charge in [0.25, 0.3) is 0 Å². The summed E-state index contributed by atoms with van der Waals surface area (Å²) in [6, 6.07) is 0. The molecular formula is C23H38O5. The molecule has 0 heterocycles. The Kier molecular flexibility index (Phi) is 7.35. The normalized spacial score (nSPS) is 36.4. The summed E-state index contributed by atoms with van der Waals surface area (Å²) in [5, 5.41) is 9.21. The number of hydrogen-bond acceptors (Lipinski definition) is 5. The van der Waals surface area contributed by atoms with Gasteiger partial charge < -0.3 is 14.6 Å². The number of aliphatic hydroxyl groups is 1. The van der Waals surface area contributed by atoms with E-state index in [0.29, 0.717) is 18.3 Å². The second-order valence-electron chi connectivity index (χ2n) is 9.41. The Morgan fingerprint density at radius 1 is 1.29 bits per heavy atom. The zero-order chi connectivity index (χ0) is 21.1. The number of aliphatic hydroxyl groups excluding tert-OH is 1. The van der Waals surface area contributed by atoms with Gasteiger partial charge in [0, 0.05) is 13.5 Å². The number of carbonyl (C=O) groups is 2. The van der Waals surface area contributed by atoms with E-state index >= 15 is 0 Å². The van der Waals surface area contributed by atoms with Gasteiger partial charge in [0.1, 0.15) is 11.5 Å². The highest BCUT2D eigenvalue weighted by molar-refractivity contribution is 5.79. The average molecular weight is 395 g/mol. The average Bonchev–Trinajstić information content (AvgIpc) is 2.62. The molecule has 2 saturated carbocycles. The van der Waals surface area contributed by atoms with Gasteiger partial charge in [-0.3, -0.25) is 9.59 Å². The zero-order valence-electron chi connectivity index (χ0n) is 18.3. The SMILES string of the molecule is C=C1CCC2C(C)(CCC(OC(C)=O)C2(C)C(=O)OC)C1CCC(C)CCO. The Morgan fingerprint density at radius 2 is 1.96 bits per heavy atom. The first kappa shape index (κ1) is 22.9. The number of hydrogen-bond donors (Lipinski definition) is 1. The van der Waals surface area contributed by atoms with E-state index in [-0.39, 0.29) is 29.9 Å². The van der Waals surface area contributed by atoms with Crippen molar-refractivity contribution < 1.29 is 24.2 Å². The summed E-state index contributed by atoms with van der Waals surface area (Å²) >= 11 is 0. The molecule has 160 valence electrons. The van der Waals surface area contributed by atoms with Crippen molar-refractivity contribution in [1.29, 1.82) is 0 Å². The maximum atomic E-state index is 13.0. The molecule has 2 fully saturated rings. The summed E-state index contributed by atoms with van der Waals surface area (Å²) < 4.78 is 10.8. The van der Waals surface area contributed by atoms with E-state index in [2.05, 4.69) is 20.4 Å². The Hall–Kier alpha value is -1.36. The van der Waals surface area contributed by atoms with Crippen LogP contribution >= 0.6 is 0 Å². The largest absolute Gasteiger partial charge is 0.468 e. The molecule has 0 saturated heterocycles. The summed E-state index contributed by atoms with van der Waals surface area (Å²) in [5.41, 5.74) is 0.352. The van der Waals surface area contributed by atoms with Crippen molar-refractivity contribution in [3.05, 3.63) is 12.2 Å². The fourth-order valence-corrected chi connectivity index (χ4v) is 6.07. The first-order valence-electron chi connectivity index (χ1n) is 10.6. The number of rotatable bonds is 7.